The van der Waals surface area contributed by atoms with Crippen LogP contribution in [-0.4, -0.2) is 20.9 Å². The van der Waals surface area contributed by atoms with Gasteiger partial charge < -0.3 is 5.11 Å². The first-order valence-electron chi connectivity index (χ1n) is 2.96. The number of aromatic nitrogens is 2. The molecule has 0 atom stereocenters. The van der Waals surface area contributed by atoms with Gasteiger partial charge in [0.15, 0.2) is 0 Å². The van der Waals surface area contributed by atoms with E-state index in [4.69, 9.17) is 16.7 Å². The lowest BCUT2D eigenvalue weighted by molar-refractivity contribution is 0.0696. The van der Waals surface area contributed by atoms with Crippen LogP contribution in [0.5, 0.6) is 0 Å². The summed E-state index contributed by atoms with van der Waals surface area (Å²) in [7, 11) is 1.60. The monoisotopic (exact) mass is 174 g/mol. The zero-order valence-corrected chi connectivity index (χ0v) is 6.88. The average molecular weight is 175 g/mol. The number of aromatic carboxylic acids is 1. The number of carboxylic acid groups (broad SMARTS) is 1. The Kier molecular flexibility index (Phi) is 1.87. The first kappa shape index (κ1) is 8.07. The summed E-state index contributed by atoms with van der Waals surface area (Å²) in [6.45, 7) is 1.61. The molecular formula is C6H7ClN2O2. The lowest BCUT2D eigenvalue weighted by atomic mass is 10.3. The summed E-state index contributed by atoms with van der Waals surface area (Å²) in [6, 6.07) is 0. The summed E-state index contributed by atoms with van der Waals surface area (Å²) < 4.78 is 1.33. The van der Waals surface area contributed by atoms with Crippen LogP contribution in [0, 0.1) is 6.92 Å². The lowest BCUT2D eigenvalue weighted by Crippen LogP contribution is -1.97. The molecule has 0 aliphatic carbocycles. The zero-order chi connectivity index (χ0) is 8.59. The summed E-state index contributed by atoms with van der Waals surface area (Å²) >= 11 is 5.63. The fourth-order valence-corrected chi connectivity index (χ4v) is 1.13. The van der Waals surface area contributed by atoms with Gasteiger partial charge in [0.1, 0.15) is 10.7 Å². The van der Waals surface area contributed by atoms with E-state index < -0.39 is 5.97 Å². The minimum absolute atomic E-state index is 0.0779. The molecule has 5 heteroatoms. The fraction of sp³-hybridized carbons (Fsp3) is 0.333. The van der Waals surface area contributed by atoms with Gasteiger partial charge in [-0.15, -0.1) is 0 Å². The highest BCUT2D eigenvalue weighted by atomic mass is 35.5. The van der Waals surface area contributed by atoms with E-state index in [2.05, 4.69) is 5.10 Å². The molecule has 0 aliphatic heterocycles. The van der Waals surface area contributed by atoms with Crippen molar-refractivity contribution in [2.45, 2.75) is 6.92 Å². The van der Waals surface area contributed by atoms with E-state index in [0.717, 1.165) is 0 Å². The van der Waals surface area contributed by atoms with Crippen molar-refractivity contribution in [1.82, 2.24) is 9.78 Å². The number of carboxylic acids is 1. The quantitative estimate of drug-likeness (QED) is 0.693. The Morgan fingerprint density at radius 3 is 2.45 bits per heavy atom. The molecule has 1 aromatic heterocycles. The molecule has 4 nitrogen and oxygen atoms in total. The Labute approximate surface area is 68.4 Å². The molecule has 1 rings (SSSR count). The second kappa shape index (κ2) is 2.54. The van der Waals surface area contributed by atoms with E-state index in [9.17, 15) is 4.79 Å². The number of hydrogen-bond donors (Lipinski definition) is 1. The van der Waals surface area contributed by atoms with Gasteiger partial charge in [-0.3, -0.25) is 4.68 Å². The van der Waals surface area contributed by atoms with Gasteiger partial charge in [0.05, 0.1) is 5.69 Å². The van der Waals surface area contributed by atoms with E-state index in [-0.39, 0.29) is 10.7 Å². The minimum Gasteiger partial charge on any atom is -0.478 e. The Morgan fingerprint density at radius 2 is 2.27 bits per heavy atom. The standard InChI is InChI=1S/C6H7ClN2O2/c1-3-4(6(10)11)5(7)9(2)8-3/h1-2H3,(H,10,11). The van der Waals surface area contributed by atoms with Gasteiger partial charge in [-0.2, -0.15) is 5.10 Å². The predicted molar refractivity (Wildman–Crippen MR) is 39.9 cm³/mol. The van der Waals surface area contributed by atoms with E-state index >= 15 is 0 Å². The first-order valence-corrected chi connectivity index (χ1v) is 3.34. The highest BCUT2D eigenvalue weighted by Crippen LogP contribution is 2.17. The van der Waals surface area contributed by atoms with Crippen molar-refractivity contribution in [3.8, 4) is 0 Å². The lowest BCUT2D eigenvalue weighted by Gasteiger charge is -1.90. The summed E-state index contributed by atoms with van der Waals surface area (Å²) in [5, 5.41) is 12.6. The van der Waals surface area contributed by atoms with Gasteiger partial charge in [-0.1, -0.05) is 11.6 Å². The van der Waals surface area contributed by atoms with Crippen LogP contribution in [0.15, 0.2) is 0 Å². The van der Waals surface area contributed by atoms with E-state index in [1.807, 2.05) is 0 Å². The molecule has 0 saturated heterocycles. The first-order chi connectivity index (χ1) is 5.04. The maximum absolute atomic E-state index is 10.5. The van der Waals surface area contributed by atoms with Crippen molar-refractivity contribution in [3.05, 3.63) is 16.4 Å². The van der Waals surface area contributed by atoms with Gasteiger partial charge >= 0.3 is 5.97 Å². The van der Waals surface area contributed by atoms with Crippen molar-refractivity contribution < 1.29 is 9.90 Å². The summed E-state index contributed by atoms with van der Waals surface area (Å²) in [5.41, 5.74) is 0.513. The number of aryl methyl sites for hydroxylation is 2. The Balaban J connectivity index is 3.34. The predicted octanol–water partition coefficient (Wildman–Crippen LogP) is 1.08. The van der Waals surface area contributed by atoms with Gasteiger partial charge in [0.25, 0.3) is 0 Å². The third kappa shape index (κ3) is 1.21. The fourth-order valence-electron chi connectivity index (χ4n) is 0.873. The highest BCUT2D eigenvalue weighted by Gasteiger charge is 2.16. The molecule has 60 valence electrons. The topological polar surface area (TPSA) is 55.1 Å². The van der Waals surface area contributed by atoms with Crippen molar-refractivity contribution in [3.63, 3.8) is 0 Å². The summed E-state index contributed by atoms with van der Waals surface area (Å²) in [6.07, 6.45) is 0. The van der Waals surface area contributed by atoms with Crippen LogP contribution >= 0.6 is 11.6 Å². The number of rotatable bonds is 1. The smallest absolute Gasteiger partial charge is 0.340 e. The Morgan fingerprint density at radius 1 is 1.73 bits per heavy atom. The second-order valence-electron chi connectivity index (χ2n) is 2.18. The maximum Gasteiger partial charge on any atom is 0.340 e. The third-order valence-corrected chi connectivity index (χ3v) is 1.80. The Hall–Kier alpha value is -1.03. The molecular weight excluding hydrogens is 168 g/mol. The van der Waals surface area contributed by atoms with Crippen LogP contribution in [0.4, 0.5) is 0 Å². The molecule has 0 aromatic carbocycles. The molecule has 0 amide bonds. The molecule has 0 aliphatic rings. The normalized spacial score (nSPS) is 10.1. The SMILES string of the molecule is Cc1nn(C)c(Cl)c1C(=O)O. The number of nitrogens with zero attached hydrogens (tertiary/aromatic N) is 2. The van der Waals surface area contributed by atoms with Gasteiger partial charge in [0.2, 0.25) is 0 Å². The molecule has 1 N–H and O–H groups in total. The molecule has 0 fully saturated rings. The van der Waals surface area contributed by atoms with E-state index in [0.29, 0.717) is 5.69 Å². The van der Waals surface area contributed by atoms with Crippen LogP contribution in [0.3, 0.4) is 0 Å². The van der Waals surface area contributed by atoms with Crippen LogP contribution in [0.25, 0.3) is 0 Å². The van der Waals surface area contributed by atoms with E-state index in [1.165, 1.54) is 4.68 Å². The van der Waals surface area contributed by atoms with Crippen molar-refractivity contribution in [2.75, 3.05) is 0 Å². The largest absolute Gasteiger partial charge is 0.478 e. The molecule has 0 bridgehead atoms. The summed E-state index contributed by atoms with van der Waals surface area (Å²) in [4.78, 5) is 10.5. The highest BCUT2D eigenvalue weighted by molar-refractivity contribution is 6.32. The van der Waals surface area contributed by atoms with Gasteiger partial charge in [0, 0.05) is 7.05 Å². The van der Waals surface area contributed by atoms with Crippen molar-refractivity contribution in [2.24, 2.45) is 7.05 Å². The van der Waals surface area contributed by atoms with Crippen LogP contribution in [0.1, 0.15) is 16.1 Å². The molecule has 1 heterocycles. The molecule has 0 saturated carbocycles. The minimum atomic E-state index is -1.04. The molecule has 0 unspecified atom stereocenters. The van der Waals surface area contributed by atoms with Crippen LogP contribution in [-0.2, 0) is 7.05 Å². The van der Waals surface area contributed by atoms with Crippen molar-refractivity contribution in [1.29, 1.82) is 0 Å². The third-order valence-electron chi connectivity index (χ3n) is 1.37. The van der Waals surface area contributed by atoms with Gasteiger partial charge in [-0.05, 0) is 6.92 Å². The molecule has 1 aromatic rings. The van der Waals surface area contributed by atoms with Crippen LogP contribution in [0.2, 0.25) is 5.15 Å². The average Bonchev–Trinajstić information content (AvgIpc) is 2.07. The maximum atomic E-state index is 10.5. The van der Waals surface area contributed by atoms with Crippen molar-refractivity contribution >= 4 is 17.6 Å². The second-order valence-corrected chi connectivity index (χ2v) is 2.54. The number of carbonyl (C=O) groups is 1. The molecule has 0 spiro atoms. The number of hydrogen-bond acceptors (Lipinski definition) is 2. The number of halogens is 1. The van der Waals surface area contributed by atoms with E-state index in [1.54, 1.807) is 14.0 Å². The molecule has 11 heavy (non-hydrogen) atoms. The summed E-state index contributed by atoms with van der Waals surface area (Å²) in [5.74, 6) is -1.04. The zero-order valence-electron chi connectivity index (χ0n) is 6.13. The molecule has 0 radical (unpaired) electrons. The Bertz CT molecular complexity index is 306. The van der Waals surface area contributed by atoms with Gasteiger partial charge in [-0.25, -0.2) is 4.79 Å². The van der Waals surface area contributed by atoms with Crippen LogP contribution < -0.4 is 0 Å².